The van der Waals surface area contributed by atoms with Crippen LogP contribution in [0.5, 0.6) is 23.0 Å². The zero-order chi connectivity index (χ0) is 29.8. The summed E-state index contributed by atoms with van der Waals surface area (Å²) >= 11 is 0. The highest BCUT2D eigenvalue weighted by molar-refractivity contribution is 6.04. The Labute approximate surface area is 245 Å². The first kappa shape index (κ1) is 28.8. The monoisotopic (exact) mass is 569 g/mol. The van der Waals surface area contributed by atoms with Crippen LogP contribution in [-0.2, 0) is 20.9 Å². The molecule has 218 valence electrons. The van der Waals surface area contributed by atoms with Crippen LogP contribution >= 0.6 is 0 Å². The summed E-state index contributed by atoms with van der Waals surface area (Å²) in [6.07, 6.45) is 0.914. The Kier molecular flexibility index (Phi) is 8.52. The van der Waals surface area contributed by atoms with E-state index in [9.17, 15) is 9.59 Å². The van der Waals surface area contributed by atoms with Gasteiger partial charge in [0.05, 0.1) is 34.0 Å². The molecule has 0 spiro atoms. The number of Topliss-reactive ketones (excluding diaryl/α,β-unsaturated/α-hetero) is 1. The van der Waals surface area contributed by atoms with Gasteiger partial charge in [-0.3, -0.25) is 4.79 Å². The average molecular weight is 570 g/mol. The lowest BCUT2D eigenvalue weighted by Gasteiger charge is -2.37. The summed E-state index contributed by atoms with van der Waals surface area (Å²) in [5, 5.41) is 3.41. The van der Waals surface area contributed by atoms with Crippen LogP contribution in [0.2, 0.25) is 0 Å². The van der Waals surface area contributed by atoms with Gasteiger partial charge in [-0.2, -0.15) is 0 Å². The van der Waals surface area contributed by atoms with Gasteiger partial charge in [0.1, 0.15) is 12.4 Å². The van der Waals surface area contributed by atoms with E-state index in [4.69, 9.17) is 23.7 Å². The Bertz CT molecular complexity index is 1510. The van der Waals surface area contributed by atoms with E-state index in [0.717, 1.165) is 22.6 Å². The minimum atomic E-state index is -0.692. The van der Waals surface area contributed by atoms with Gasteiger partial charge in [0.2, 0.25) is 5.75 Å². The molecule has 0 saturated heterocycles. The molecule has 0 bridgehead atoms. The maximum atomic E-state index is 14.0. The van der Waals surface area contributed by atoms with Crippen molar-refractivity contribution in [2.45, 2.75) is 38.2 Å². The van der Waals surface area contributed by atoms with Gasteiger partial charge < -0.3 is 29.0 Å². The van der Waals surface area contributed by atoms with Crippen molar-refractivity contribution in [3.8, 4) is 23.0 Å². The quantitative estimate of drug-likeness (QED) is 0.322. The molecule has 3 aromatic rings. The Hall–Kier alpha value is -4.72. The summed E-state index contributed by atoms with van der Waals surface area (Å²) in [5.41, 5.74) is 4.93. The van der Waals surface area contributed by atoms with Gasteiger partial charge in [-0.05, 0) is 60.2 Å². The zero-order valence-electron chi connectivity index (χ0n) is 24.5. The first-order valence-electron chi connectivity index (χ1n) is 13.8. The summed E-state index contributed by atoms with van der Waals surface area (Å²) in [5.74, 6) is 0.801. The Morgan fingerprint density at radius 2 is 1.50 bits per heavy atom. The van der Waals surface area contributed by atoms with Gasteiger partial charge in [-0.15, -0.1) is 0 Å². The molecule has 8 heteroatoms. The van der Waals surface area contributed by atoms with Crippen molar-refractivity contribution in [2.24, 2.45) is 0 Å². The van der Waals surface area contributed by atoms with E-state index >= 15 is 0 Å². The van der Waals surface area contributed by atoms with Crippen molar-refractivity contribution >= 4 is 11.8 Å². The van der Waals surface area contributed by atoms with Crippen molar-refractivity contribution in [1.29, 1.82) is 0 Å². The van der Waals surface area contributed by atoms with Crippen molar-refractivity contribution < 1.29 is 33.3 Å². The zero-order valence-corrected chi connectivity index (χ0v) is 24.5. The van der Waals surface area contributed by atoms with Gasteiger partial charge in [-0.25, -0.2) is 4.79 Å². The fraction of sp³-hybridized carbons (Fsp3) is 0.294. The molecule has 1 N–H and O–H groups in total. The number of hydrogen-bond donors (Lipinski definition) is 1. The van der Waals surface area contributed by atoms with Crippen LogP contribution in [0.15, 0.2) is 89.3 Å². The second kappa shape index (κ2) is 12.4. The molecule has 2 aliphatic rings. The number of carbonyl (C=O) groups is 2. The molecule has 0 unspecified atom stereocenters. The second-order valence-corrected chi connectivity index (χ2v) is 10.3. The van der Waals surface area contributed by atoms with Gasteiger partial charge in [0, 0.05) is 29.3 Å². The lowest BCUT2D eigenvalue weighted by atomic mass is 9.71. The summed E-state index contributed by atoms with van der Waals surface area (Å²) in [6, 6.07) is 20.9. The number of rotatable bonds is 9. The number of methoxy groups -OCH3 is 4. The van der Waals surface area contributed by atoms with Crippen LogP contribution in [0.3, 0.4) is 0 Å². The fourth-order valence-corrected chi connectivity index (χ4v) is 5.82. The summed E-state index contributed by atoms with van der Waals surface area (Å²) in [4.78, 5) is 27.8. The molecular weight excluding hydrogens is 534 g/mol. The number of benzene rings is 3. The highest BCUT2D eigenvalue weighted by atomic mass is 16.5. The molecule has 0 fully saturated rings. The van der Waals surface area contributed by atoms with E-state index < -0.39 is 11.9 Å². The van der Waals surface area contributed by atoms with Crippen LogP contribution in [0.25, 0.3) is 0 Å². The Morgan fingerprint density at radius 1 is 0.833 bits per heavy atom. The van der Waals surface area contributed by atoms with E-state index in [1.807, 2.05) is 61.5 Å². The number of allylic oxidation sites excluding steroid dienone is 3. The molecule has 1 heterocycles. The number of carbonyl (C=O) groups excluding carboxylic acids is 2. The standard InChI is InChI=1S/C34H35NO7/c1-20-30(34(37)42-19-21-9-7-6-8-10-21)31(24-17-28(39-3)33(41-5)29(18-24)40-4)32-26(35-20)15-23(16-27(32)36)22-11-13-25(38-2)14-12-22/h6-14,17-18,23,31,35H,15-16,19H2,1-5H3/t23-,31+/m1/s1. The number of dihydropyridines is 1. The molecule has 1 aliphatic heterocycles. The number of nitrogens with one attached hydrogen (secondary N) is 1. The SMILES string of the molecule is COc1ccc([C@H]2CC(=O)C3=C(C2)NC(C)=C(C(=O)OCc2ccccc2)[C@@H]3c2cc(OC)c(OC)c(OC)c2)cc1. The van der Waals surface area contributed by atoms with E-state index in [1.165, 1.54) is 21.3 Å². The Balaban J connectivity index is 1.58. The predicted octanol–water partition coefficient (Wildman–Crippen LogP) is 5.83. The first-order chi connectivity index (χ1) is 20.4. The highest BCUT2D eigenvalue weighted by Gasteiger charge is 2.42. The summed E-state index contributed by atoms with van der Waals surface area (Å²) in [7, 11) is 6.24. The molecule has 2 atom stereocenters. The van der Waals surface area contributed by atoms with E-state index in [0.29, 0.717) is 52.5 Å². The van der Waals surface area contributed by atoms with Crippen LogP contribution in [0, 0.1) is 0 Å². The van der Waals surface area contributed by atoms with Crippen LogP contribution in [0.4, 0.5) is 0 Å². The third kappa shape index (κ3) is 5.57. The lowest BCUT2D eigenvalue weighted by Crippen LogP contribution is -2.36. The van der Waals surface area contributed by atoms with Crippen LogP contribution in [0.1, 0.15) is 48.3 Å². The van der Waals surface area contributed by atoms with Gasteiger partial charge in [0.25, 0.3) is 0 Å². The molecule has 3 aromatic carbocycles. The van der Waals surface area contributed by atoms with Crippen LogP contribution < -0.4 is 24.3 Å². The summed E-state index contributed by atoms with van der Waals surface area (Å²) < 4.78 is 27.9. The van der Waals surface area contributed by atoms with E-state index in [1.54, 1.807) is 19.2 Å². The minimum absolute atomic E-state index is 0.0189. The Morgan fingerprint density at radius 3 is 2.10 bits per heavy atom. The molecular formula is C34H35NO7. The molecule has 0 amide bonds. The van der Waals surface area contributed by atoms with Crippen LogP contribution in [-0.4, -0.2) is 40.2 Å². The number of ether oxygens (including phenoxy) is 5. The molecule has 0 radical (unpaired) electrons. The average Bonchev–Trinajstić information content (AvgIpc) is 3.02. The lowest BCUT2D eigenvalue weighted by molar-refractivity contribution is -0.140. The van der Waals surface area contributed by atoms with Crippen molar-refractivity contribution in [3.63, 3.8) is 0 Å². The topological polar surface area (TPSA) is 92.3 Å². The predicted molar refractivity (Wildman–Crippen MR) is 158 cm³/mol. The number of ketones is 1. The van der Waals surface area contributed by atoms with Gasteiger partial charge in [-0.1, -0.05) is 42.5 Å². The van der Waals surface area contributed by atoms with Crippen molar-refractivity contribution in [1.82, 2.24) is 5.32 Å². The van der Waals surface area contributed by atoms with Crippen molar-refractivity contribution in [2.75, 3.05) is 28.4 Å². The van der Waals surface area contributed by atoms with Crippen molar-refractivity contribution in [3.05, 3.63) is 106 Å². The maximum Gasteiger partial charge on any atom is 0.337 e. The third-order valence-corrected chi connectivity index (χ3v) is 7.87. The highest BCUT2D eigenvalue weighted by Crippen LogP contribution is 2.49. The fourth-order valence-electron chi connectivity index (χ4n) is 5.82. The van der Waals surface area contributed by atoms with Gasteiger partial charge in [0.15, 0.2) is 17.3 Å². The largest absolute Gasteiger partial charge is 0.497 e. The number of esters is 1. The molecule has 0 aromatic heterocycles. The molecule has 8 nitrogen and oxygen atoms in total. The molecule has 42 heavy (non-hydrogen) atoms. The molecule has 5 rings (SSSR count). The third-order valence-electron chi connectivity index (χ3n) is 7.87. The van der Waals surface area contributed by atoms with E-state index in [-0.39, 0.29) is 18.3 Å². The smallest absolute Gasteiger partial charge is 0.337 e. The maximum absolute atomic E-state index is 14.0. The molecule has 0 saturated carbocycles. The van der Waals surface area contributed by atoms with Gasteiger partial charge >= 0.3 is 5.97 Å². The second-order valence-electron chi connectivity index (χ2n) is 10.3. The summed E-state index contributed by atoms with van der Waals surface area (Å²) in [6.45, 7) is 1.95. The normalized spacial score (nSPS) is 18.2. The first-order valence-corrected chi connectivity index (χ1v) is 13.8. The minimum Gasteiger partial charge on any atom is -0.497 e. The number of hydrogen-bond acceptors (Lipinski definition) is 8. The molecule has 1 aliphatic carbocycles. The van der Waals surface area contributed by atoms with E-state index in [2.05, 4.69) is 5.32 Å².